The van der Waals surface area contributed by atoms with E-state index in [9.17, 15) is 19.2 Å². The van der Waals surface area contributed by atoms with Crippen molar-refractivity contribution in [1.82, 2.24) is 45.4 Å². The fourth-order valence-electron chi connectivity index (χ4n) is 9.03. The summed E-state index contributed by atoms with van der Waals surface area (Å²) in [5, 5.41) is 8.58. The van der Waals surface area contributed by atoms with Gasteiger partial charge in [0.05, 0.1) is 28.6 Å². The van der Waals surface area contributed by atoms with Gasteiger partial charge in [-0.15, -0.1) is 0 Å². The van der Waals surface area contributed by atoms with Gasteiger partial charge in [-0.25, -0.2) is 24.5 Å². The number of likely N-dealkylation sites (tertiary alicyclic amines) is 2. The SMILES string of the molecule is CC(C)[C@H](NC(=O)OC(C)(C)C)C(=O)N1CCC[C@H]1c1nc2ccc3[nH]c(-c4ccc5c(ccc6[nH]c([C@@H]7CCCN7C(=O)[C@@H](NC(=O)OC(C)(C)C)C(C)C)nc65)c4)ccc3c2n1. The summed E-state index contributed by atoms with van der Waals surface area (Å²) in [6.07, 6.45) is 1.91. The topological polar surface area (TPSA) is 188 Å². The van der Waals surface area contributed by atoms with E-state index < -0.39 is 35.5 Å². The van der Waals surface area contributed by atoms with Crippen LogP contribution in [0.25, 0.3) is 55.0 Å². The molecule has 0 unspecified atom stereocenters. The molecule has 5 heterocycles. The number of carbonyl (C=O) groups is 4. The fraction of sp³-hybridized carbons (Fsp3) is 0.490. The van der Waals surface area contributed by atoms with Crippen LogP contribution in [0.2, 0.25) is 0 Å². The highest BCUT2D eigenvalue weighted by atomic mass is 16.6. The summed E-state index contributed by atoms with van der Waals surface area (Å²) in [6.45, 7) is 19.6. The number of nitrogens with one attached hydrogen (secondary N) is 4. The molecule has 0 bridgehead atoms. The predicted octanol–water partition coefficient (Wildman–Crippen LogP) is 9.23. The van der Waals surface area contributed by atoms with Crippen LogP contribution in [-0.4, -0.2) is 95.1 Å². The molecule has 3 aromatic carbocycles. The van der Waals surface area contributed by atoms with Gasteiger partial charge < -0.3 is 39.9 Å². The van der Waals surface area contributed by atoms with E-state index in [4.69, 9.17) is 24.4 Å². The van der Waals surface area contributed by atoms with Crippen molar-refractivity contribution < 1.29 is 28.7 Å². The first-order chi connectivity index (χ1) is 30.2. The van der Waals surface area contributed by atoms with Gasteiger partial charge in [-0.2, -0.15) is 0 Å². The lowest BCUT2D eigenvalue weighted by Gasteiger charge is -2.31. The van der Waals surface area contributed by atoms with Crippen LogP contribution in [0.3, 0.4) is 0 Å². The van der Waals surface area contributed by atoms with Crippen molar-refractivity contribution in [2.75, 3.05) is 13.1 Å². The number of imidazole rings is 2. The Labute approximate surface area is 373 Å². The molecular formula is C49H61N9O6. The summed E-state index contributed by atoms with van der Waals surface area (Å²) < 4.78 is 11.0. The first-order valence-electron chi connectivity index (χ1n) is 22.6. The summed E-state index contributed by atoms with van der Waals surface area (Å²) in [4.78, 5) is 79.2. The third-order valence-corrected chi connectivity index (χ3v) is 12.0. The third kappa shape index (κ3) is 9.07. The molecule has 8 rings (SSSR count). The maximum atomic E-state index is 14.0. The molecule has 3 aromatic heterocycles. The van der Waals surface area contributed by atoms with Crippen LogP contribution < -0.4 is 10.6 Å². The molecule has 2 aliphatic rings. The van der Waals surface area contributed by atoms with Crippen molar-refractivity contribution in [3.05, 3.63) is 66.2 Å². The van der Waals surface area contributed by atoms with Crippen LogP contribution in [0.5, 0.6) is 0 Å². The maximum absolute atomic E-state index is 14.0. The first kappa shape index (κ1) is 44.4. The van der Waals surface area contributed by atoms with Crippen molar-refractivity contribution in [3.63, 3.8) is 0 Å². The van der Waals surface area contributed by atoms with Crippen LogP contribution >= 0.6 is 0 Å². The van der Waals surface area contributed by atoms with Crippen LogP contribution in [0.1, 0.15) is 119 Å². The smallest absolute Gasteiger partial charge is 0.408 e. The average Bonchev–Trinajstić information content (AvgIpc) is 4.05. The standard InChI is InChI=1S/C49H61N9O6/c1-26(2)38(55-46(61)63-48(5,6)7)44(59)57-23-11-13-36(57)42-51-34-19-16-28-25-29(15-17-30(28)40(34)53-42)32-20-18-31-33(50-32)21-22-35-41(31)54-43(52-35)37-14-12-24-58(37)45(60)39(27(3)4)56-47(62)64-49(8,9)10/h15-22,25-27,36-39,50H,11-14,23-24H2,1-10H3,(H,51,53)(H,55,61)(H,56,62)/t36-,37-,38-,39-/m0/s1. The minimum atomic E-state index is -0.744. The van der Waals surface area contributed by atoms with Gasteiger partial charge in [0.1, 0.15) is 34.6 Å². The van der Waals surface area contributed by atoms with Crippen LogP contribution in [0.4, 0.5) is 9.59 Å². The Morgan fingerprint density at radius 2 is 1.23 bits per heavy atom. The number of rotatable bonds is 9. The Bertz CT molecular complexity index is 2570. The zero-order valence-corrected chi connectivity index (χ0v) is 38.6. The van der Waals surface area contributed by atoms with Gasteiger partial charge in [0.15, 0.2) is 5.82 Å². The quantitative estimate of drug-likeness (QED) is 0.110. The van der Waals surface area contributed by atoms with Crippen LogP contribution in [0.15, 0.2) is 54.6 Å². The van der Waals surface area contributed by atoms with Gasteiger partial charge in [-0.3, -0.25) is 9.59 Å². The molecule has 4 amide bonds. The van der Waals surface area contributed by atoms with Gasteiger partial charge >= 0.3 is 12.2 Å². The molecular weight excluding hydrogens is 811 g/mol. The number of hydrogen-bond acceptors (Lipinski definition) is 9. The Morgan fingerprint density at radius 3 is 1.84 bits per heavy atom. The van der Waals surface area contributed by atoms with Crippen molar-refractivity contribution in [1.29, 1.82) is 0 Å². The maximum Gasteiger partial charge on any atom is 0.408 e. The number of carbonyl (C=O) groups excluding carboxylic acids is 4. The zero-order valence-electron chi connectivity index (χ0n) is 38.6. The predicted molar refractivity (Wildman–Crippen MR) is 247 cm³/mol. The van der Waals surface area contributed by atoms with E-state index >= 15 is 0 Å². The van der Waals surface area contributed by atoms with E-state index in [1.165, 1.54) is 0 Å². The number of hydrogen-bond donors (Lipinski definition) is 4. The molecule has 15 nitrogen and oxygen atoms in total. The van der Waals surface area contributed by atoms with Crippen molar-refractivity contribution in [3.8, 4) is 11.3 Å². The highest BCUT2D eigenvalue weighted by Crippen LogP contribution is 2.37. The zero-order chi connectivity index (χ0) is 45.8. The van der Waals surface area contributed by atoms with Gasteiger partial charge in [0.25, 0.3) is 0 Å². The summed E-state index contributed by atoms with van der Waals surface area (Å²) in [5.74, 6) is 0.732. The van der Waals surface area contributed by atoms with Crippen molar-refractivity contribution >= 4 is 67.7 Å². The molecule has 0 radical (unpaired) electrons. The van der Waals surface area contributed by atoms with Gasteiger partial charge in [0, 0.05) is 35.1 Å². The fourth-order valence-corrected chi connectivity index (χ4v) is 9.03. The minimum Gasteiger partial charge on any atom is -0.444 e. The summed E-state index contributed by atoms with van der Waals surface area (Å²) in [5.41, 5.74) is 4.72. The number of H-pyrrole nitrogens is 2. The molecule has 0 saturated carbocycles. The molecule has 338 valence electrons. The molecule has 4 atom stereocenters. The second-order valence-corrected chi connectivity index (χ2v) is 20.0. The summed E-state index contributed by atoms with van der Waals surface area (Å²) in [6, 6.07) is 16.5. The molecule has 6 aromatic rings. The normalized spacial score (nSPS) is 18.1. The van der Waals surface area contributed by atoms with Crippen molar-refractivity contribution in [2.24, 2.45) is 11.8 Å². The average molecular weight is 872 g/mol. The molecule has 15 heteroatoms. The molecule has 2 fully saturated rings. The minimum absolute atomic E-state index is 0.138. The number of pyridine rings is 1. The number of benzene rings is 3. The number of ether oxygens (including phenoxy) is 2. The highest BCUT2D eigenvalue weighted by molar-refractivity contribution is 6.06. The largest absolute Gasteiger partial charge is 0.444 e. The van der Waals surface area contributed by atoms with E-state index in [0.717, 1.165) is 86.5 Å². The monoisotopic (exact) mass is 871 g/mol. The first-order valence-corrected chi connectivity index (χ1v) is 22.6. The van der Waals surface area contributed by atoms with Gasteiger partial charge in [-0.05, 0) is 126 Å². The number of aromatic amines is 2. The third-order valence-electron chi connectivity index (χ3n) is 12.0. The number of nitrogens with zero attached hydrogens (tertiary/aromatic N) is 5. The summed E-state index contributed by atoms with van der Waals surface area (Å²) >= 11 is 0. The Kier molecular flexibility index (Phi) is 11.8. The second kappa shape index (κ2) is 17.0. The molecule has 2 saturated heterocycles. The Hall–Kier alpha value is -6.25. The van der Waals surface area contributed by atoms with E-state index in [1.54, 1.807) is 46.4 Å². The van der Waals surface area contributed by atoms with E-state index in [2.05, 4.69) is 57.0 Å². The van der Waals surface area contributed by atoms with Gasteiger partial charge in [0.2, 0.25) is 11.8 Å². The van der Waals surface area contributed by atoms with Crippen molar-refractivity contribution in [2.45, 2.75) is 130 Å². The Morgan fingerprint density at radius 1 is 0.656 bits per heavy atom. The lowest BCUT2D eigenvalue weighted by atomic mass is 10.0. The number of aromatic nitrogens is 5. The summed E-state index contributed by atoms with van der Waals surface area (Å²) in [7, 11) is 0. The van der Waals surface area contributed by atoms with E-state index in [-0.39, 0.29) is 35.7 Å². The lowest BCUT2D eigenvalue weighted by Crippen LogP contribution is -2.52. The van der Waals surface area contributed by atoms with Crippen LogP contribution in [-0.2, 0) is 19.1 Å². The van der Waals surface area contributed by atoms with Crippen LogP contribution in [0, 0.1) is 11.8 Å². The molecule has 0 aliphatic carbocycles. The molecule has 64 heavy (non-hydrogen) atoms. The number of fused-ring (bicyclic) bond motifs is 6. The number of alkyl carbamates (subject to hydrolysis) is 2. The van der Waals surface area contributed by atoms with E-state index in [1.807, 2.05) is 50.8 Å². The molecule has 0 spiro atoms. The van der Waals surface area contributed by atoms with Gasteiger partial charge in [-0.1, -0.05) is 45.9 Å². The number of amides is 4. The Balaban J connectivity index is 1.02. The molecule has 4 N–H and O–H groups in total. The van der Waals surface area contributed by atoms with E-state index in [0.29, 0.717) is 18.9 Å². The second-order valence-electron chi connectivity index (χ2n) is 20.0. The molecule has 2 aliphatic heterocycles. The highest BCUT2D eigenvalue weighted by Gasteiger charge is 2.40. The lowest BCUT2D eigenvalue weighted by molar-refractivity contribution is -0.136.